The summed E-state index contributed by atoms with van der Waals surface area (Å²) in [6.07, 6.45) is 1.51. The zero-order valence-corrected chi connectivity index (χ0v) is 16.5. The zero-order chi connectivity index (χ0) is 21.1. The van der Waals surface area contributed by atoms with E-state index in [0.29, 0.717) is 10.6 Å². The molecule has 2 aromatic carbocycles. The van der Waals surface area contributed by atoms with Crippen LogP contribution in [-0.4, -0.2) is 15.3 Å². The van der Waals surface area contributed by atoms with Crippen molar-refractivity contribution in [3.05, 3.63) is 97.8 Å². The van der Waals surface area contributed by atoms with Crippen LogP contribution < -0.4 is 0 Å². The van der Waals surface area contributed by atoms with E-state index in [1.54, 1.807) is 12.1 Å². The van der Waals surface area contributed by atoms with Gasteiger partial charge in [-0.3, -0.25) is 14.9 Å². The predicted molar refractivity (Wildman–Crippen MR) is 111 cm³/mol. The molecule has 3 aromatic rings. The number of nitriles is 1. The van der Waals surface area contributed by atoms with Gasteiger partial charge in [0.25, 0.3) is 5.69 Å². The summed E-state index contributed by atoms with van der Waals surface area (Å²) >= 11 is 5.96. The molecule has 1 aromatic heterocycles. The number of allylic oxidation sites excluding steroid dienone is 1. The molecule has 7 heteroatoms. The summed E-state index contributed by atoms with van der Waals surface area (Å²) in [7, 11) is 0. The van der Waals surface area contributed by atoms with Crippen LogP contribution in [0.5, 0.6) is 0 Å². The van der Waals surface area contributed by atoms with Crippen molar-refractivity contribution in [3.8, 4) is 11.8 Å². The number of carbonyl (C=O) groups is 1. The van der Waals surface area contributed by atoms with E-state index in [4.69, 9.17) is 11.6 Å². The average molecular weight is 406 g/mol. The first-order chi connectivity index (χ1) is 13.8. The Morgan fingerprint density at radius 3 is 2.48 bits per heavy atom. The number of carbonyl (C=O) groups excluding carboxylic acids is 1. The Balaban J connectivity index is 2.02. The minimum absolute atomic E-state index is 0.0955. The summed E-state index contributed by atoms with van der Waals surface area (Å²) in [4.78, 5) is 23.1. The molecule has 0 saturated heterocycles. The molecule has 0 aliphatic rings. The molecule has 0 fully saturated rings. The maximum atomic E-state index is 12.7. The summed E-state index contributed by atoms with van der Waals surface area (Å²) < 4.78 is 2.00. The highest BCUT2D eigenvalue weighted by Crippen LogP contribution is 2.25. The minimum Gasteiger partial charge on any atom is -0.318 e. The van der Waals surface area contributed by atoms with E-state index >= 15 is 0 Å². The van der Waals surface area contributed by atoms with E-state index in [2.05, 4.69) is 0 Å². The van der Waals surface area contributed by atoms with Crippen LogP contribution in [0.25, 0.3) is 11.8 Å². The molecule has 0 aliphatic carbocycles. The Hall–Kier alpha value is -3.69. The number of aromatic nitrogens is 1. The lowest BCUT2D eigenvalue weighted by Crippen LogP contribution is -2.03. The SMILES string of the molecule is Cc1cc(/C=C(\C#N)C(=O)c2cccc([N+](=O)[O-])c2)c(C)n1-c1ccc(Cl)cc1. The number of rotatable bonds is 5. The molecule has 0 amide bonds. The van der Waals surface area contributed by atoms with E-state index in [-0.39, 0.29) is 16.8 Å². The predicted octanol–water partition coefficient (Wildman–Crippen LogP) is 5.45. The van der Waals surface area contributed by atoms with Crippen LogP contribution in [0, 0.1) is 35.3 Å². The topological polar surface area (TPSA) is 88.9 Å². The number of aryl methyl sites for hydroxylation is 1. The molecule has 29 heavy (non-hydrogen) atoms. The third-order valence-corrected chi connectivity index (χ3v) is 4.79. The van der Waals surface area contributed by atoms with Crippen LogP contribution in [0.1, 0.15) is 27.3 Å². The normalized spacial score (nSPS) is 11.2. The van der Waals surface area contributed by atoms with Gasteiger partial charge >= 0.3 is 0 Å². The van der Waals surface area contributed by atoms with Crippen LogP contribution in [0.3, 0.4) is 0 Å². The fourth-order valence-electron chi connectivity index (χ4n) is 3.14. The number of halogens is 1. The average Bonchev–Trinajstić information content (AvgIpc) is 2.99. The second-order valence-corrected chi connectivity index (χ2v) is 6.88. The summed E-state index contributed by atoms with van der Waals surface area (Å²) in [5.74, 6) is -0.563. The Bertz CT molecular complexity index is 1190. The molecule has 0 bridgehead atoms. The summed E-state index contributed by atoms with van der Waals surface area (Å²) in [6, 6.07) is 16.5. The Kier molecular flexibility index (Phi) is 5.62. The number of non-ortho nitro benzene ring substituents is 1. The van der Waals surface area contributed by atoms with Gasteiger partial charge in [-0.05, 0) is 55.8 Å². The first-order valence-electron chi connectivity index (χ1n) is 8.67. The molecule has 0 spiro atoms. The molecule has 144 valence electrons. The zero-order valence-electron chi connectivity index (χ0n) is 15.7. The van der Waals surface area contributed by atoms with E-state index < -0.39 is 10.7 Å². The van der Waals surface area contributed by atoms with Crippen molar-refractivity contribution >= 4 is 29.1 Å². The van der Waals surface area contributed by atoms with E-state index in [1.165, 1.54) is 30.3 Å². The molecule has 0 unspecified atom stereocenters. The number of nitro benzene ring substituents is 1. The number of benzene rings is 2. The third kappa shape index (κ3) is 4.10. The fraction of sp³-hybridized carbons (Fsp3) is 0.0909. The minimum atomic E-state index is -0.577. The summed E-state index contributed by atoms with van der Waals surface area (Å²) in [6.45, 7) is 3.81. The molecule has 0 saturated carbocycles. The lowest BCUT2D eigenvalue weighted by Gasteiger charge is -2.09. The van der Waals surface area contributed by atoms with Crippen LogP contribution in [0.15, 0.2) is 60.2 Å². The molecular weight excluding hydrogens is 390 g/mol. The van der Waals surface area contributed by atoms with Gasteiger partial charge in [-0.25, -0.2) is 0 Å². The largest absolute Gasteiger partial charge is 0.318 e. The van der Waals surface area contributed by atoms with Crippen molar-refractivity contribution in [1.29, 1.82) is 5.26 Å². The highest BCUT2D eigenvalue weighted by atomic mass is 35.5. The van der Waals surface area contributed by atoms with Crippen LogP contribution in [-0.2, 0) is 0 Å². The molecule has 0 radical (unpaired) electrons. The van der Waals surface area contributed by atoms with Gasteiger partial charge in [0.05, 0.1) is 4.92 Å². The van der Waals surface area contributed by atoms with E-state index in [0.717, 1.165) is 17.1 Å². The van der Waals surface area contributed by atoms with Crippen molar-refractivity contribution < 1.29 is 9.72 Å². The smallest absolute Gasteiger partial charge is 0.270 e. The first-order valence-corrected chi connectivity index (χ1v) is 9.05. The number of ketones is 1. The highest BCUT2D eigenvalue weighted by molar-refractivity contribution is 6.30. The van der Waals surface area contributed by atoms with Gasteiger partial charge < -0.3 is 4.57 Å². The quantitative estimate of drug-likeness (QED) is 0.186. The van der Waals surface area contributed by atoms with Gasteiger partial charge in [0.2, 0.25) is 5.78 Å². The second kappa shape index (κ2) is 8.13. The molecule has 0 N–H and O–H groups in total. The number of Topliss-reactive ketones (excluding diaryl/α,β-unsaturated/α-hetero) is 1. The van der Waals surface area contributed by atoms with Gasteiger partial charge in [0, 0.05) is 39.8 Å². The fourth-order valence-corrected chi connectivity index (χ4v) is 3.27. The Labute approximate surface area is 172 Å². The molecule has 3 rings (SSSR count). The van der Waals surface area contributed by atoms with Crippen LogP contribution in [0.2, 0.25) is 5.02 Å². The molecular formula is C22H16ClN3O3. The number of hydrogen-bond donors (Lipinski definition) is 0. The third-order valence-electron chi connectivity index (χ3n) is 4.54. The molecule has 0 atom stereocenters. The number of hydrogen-bond acceptors (Lipinski definition) is 4. The van der Waals surface area contributed by atoms with Gasteiger partial charge in [-0.2, -0.15) is 5.26 Å². The summed E-state index contributed by atoms with van der Waals surface area (Å²) in [5, 5.41) is 21.1. The lowest BCUT2D eigenvalue weighted by molar-refractivity contribution is -0.384. The van der Waals surface area contributed by atoms with Gasteiger partial charge in [0.15, 0.2) is 0 Å². The number of nitrogens with zero attached hydrogens (tertiary/aromatic N) is 3. The van der Waals surface area contributed by atoms with Crippen LogP contribution >= 0.6 is 11.6 Å². The molecule has 6 nitrogen and oxygen atoms in total. The monoisotopic (exact) mass is 405 g/mol. The van der Waals surface area contributed by atoms with Gasteiger partial charge in [-0.15, -0.1) is 0 Å². The molecule has 1 heterocycles. The first kappa shape index (κ1) is 20.1. The lowest BCUT2D eigenvalue weighted by atomic mass is 10.0. The maximum absolute atomic E-state index is 12.7. The van der Waals surface area contributed by atoms with Gasteiger partial charge in [-0.1, -0.05) is 23.7 Å². The summed E-state index contributed by atoms with van der Waals surface area (Å²) in [5.41, 5.74) is 3.20. The highest BCUT2D eigenvalue weighted by Gasteiger charge is 2.17. The van der Waals surface area contributed by atoms with Gasteiger partial charge in [0.1, 0.15) is 11.6 Å². The number of nitro groups is 1. The maximum Gasteiger partial charge on any atom is 0.270 e. The van der Waals surface area contributed by atoms with Crippen molar-refractivity contribution in [1.82, 2.24) is 4.57 Å². The van der Waals surface area contributed by atoms with E-state index in [1.807, 2.05) is 42.7 Å². The Morgan fingerprint density at radius 2 is 1.86 bits per heavy atom. The van der Waals surface area contributed by atoms with Crippen molar-refractivity contribution in [2.45, 2.75) is 13.8 Å². The van der Waals surface area contributed by atoms with Crippen LogP contribution in [0.4, 0.5) is 5.69 Å². The Morgan fingerprint density at radius 1 is 1.17 bits per heavy atom. The second-order valence-electron chi connectivity index (χ2n) is 6.44. The van der Waals surface area contributed by atoms with E-state index in [9.17, 15) is 20.2 Å². The molecule has 0 aliphatic heterocycles. The van der Waals surface area contributed by atoms with Crippen molar-refractivity contribution in [3.63, 3.8) is 0 Å². The van der Waals surface area contributed by atoms with Crippen molar-refractivity contribution in [2.75, 3.05) is 0 Å². The van der Waals surface area contributed by atoms with Crippen molar-refractivity contribution in [2.24, 2.45) is 0 Å². The standard InChI is InChI=1S/C22H16ClN3O3/c1-14-10-17(15(2)25(14)20-8-6-19(23)7-9-20)11-18(13-24)22(27)16-4-3-5-21(12-16)26(28)29/h3-12H,1-2H3/b18-11+.